The molecule has 1 unspecified atom stereocenters. The lowest BCUT2D eigenvalue weighted by Gasteiger charge is -2.33. The summed E-state index contributed by atoms with van der Waals surface area (Å²) in [6.07, 6.45) is 4.89. The first kappa shape index (κ1) is 13.7. The van der Waals surface area contributed by atoms with Crippen LogP contribution in [-0.2, 0) is 0 Å². The van der Waals surface area contributed by atoms with Gasteiger partial charge in [-0.15, -0.1) is 0 Å². The molecule has 1 saturated carbocycles. The van der Waals surface area contributed by atoms with Crippen LogP contribution in [0.4, 0.5) is 0 Å². The zero-order valence-corrected chi connectivity index (χ0v) is 13.0. The molecule has 3 rings (SSSR count). The Kier molecular flexibility index (Phi) is 3.63. The predicted octanol–water partition coefficient (Wildman–Crippen LogP) is 3.70. The maximum atomic E-state index is 5.91. The molecule has 0 amide bonds. The Morgan fingerprint density at radius 3 is 2.30 bits per heavy atom. The van der Waals surface area contributed by atoms with E-state index in [2.05, 4.69) is 38.1 Å². The number of hydrogen-bond acceptors (Lipinski definition) is 3. The number of nitrogens with zero attached hydrogens (tertiary/aromatic N) is 1. The number of hydrogen-bond donors (Lipinski definition) is 0. The van der Waals surface area contributed by atoms with E-state index in [1.54, 1.807) is 0 Å². The van der Waals surface area contributed by atoms with Crippen LogP contribution in [0.5, 0.6) is 11.5 Å². The zero-order chi connectivity index (χ0) is 14.3. The largest absolute Gasteiger partial charge is 0.451 e. The Bertz CT molecular complexity index is 490. The Hall–Kier alpha value is -1.22. The van der Waals surface area contributed by atoms with Gasteiger partial charge < -0.3 is 14.4 Å². The quantitative estimate of drug-likeness (QED) is 0.821. The second-order valence-corrected chi connectivity index (χ2v) is 6.40. The summed E-state index contributed by atoms with van der Waals surface area (Å²) in [6, 6.07) is 5.16. The third kappa shape index (κ3) is 2.39. The van der Waals surface area contributed by atoms with Gasteiger partial charge in [-0.25, -0.2) is 0 Å². The third-order valence-electron chi connectivity index (χ3n) is 4.77. The van der Waals surface area contributed by atoms with E-state index in [0.717, 1.165) is 17.5 Å². The molecule has 0 spiro atoms. The Labute approximate surface area is 121 Å². The first-order valence-corrected chi connectivity index (χ1v) is 7.69. The summed E-state index contributed by atoms with van der Waals surface area (Å²) in [5, 5.41) is 0. The van der Waals surface area contributed by atoms with E-state index >= 15 is 0 Å². The molecule has 3 heteroatoms. The summed E-state index contributed by atoms with van der Waals surface area (Å²) < 4.78 is 11.7. The van der Waals surface area contributed by atoms with Crippen molar-refractivity contribution in [3.05, 3.63) is 23.3 Å². The first-order chi connectivity index (χ1) is 9.56. The van der Waals surface area contributed by atoms with E-state index < -0.39 is 0 Å². The van der Waals surface area contributed by atoms with E-state index in [1.807, 2.05) is 6.92 Å². The summed E-state index contributed by atoms with van der Waals surface area (Å²) in [4.78, 5) is 2.36. The second-order valence-electron chi connectivity index (χ2n) is 6.40. The van der Waals surface area contributed by atoms with Crippen LogP contribution in [-0.4, -0.2) is 31.3 Å². The molecule has 0 saturated heterocycles. The number of aryl methyl sites for hydroxylation is 1. The summed E-state index contributed by atoms with van der Waals surface area (Å²) in [5.41, 5.74) is 2.53. The molecule has 1 heterocycles. The van der Waals surface area contributed by atoms with Crippen LogP contribution in [0.15, 0.2) is 12.1 Å². The van der Waals surface area contributed by atoms with Crippen molar-refractivity contribution in [1.29, 1.82) is 0 Å². The fourth-order valence-corrected chi connectivity index (χ4v) is 3.53. The third-order valence-corrected chi connectivity index (χ3v) is 4.77. The van der Waals surface area contributed by atoms with E-state index in [-0.39, 0.29) is 6.29 Å². The highest BCUT2D eigenvalue weighted by molar-refractivity contribution is 5.54. The van der Waals surface area contributed by atoms with Gasteiger partial charge in [-0.2, -0.15) is 0 Å². The fraction of sp³-hybridized carbons (Fsp3) is 0.647. The molecular weight excluding hydrogens is 250 g/mol. The lowest BCUT2D eigenvalue weighted by Crippen LogP contribution is -2.31. The van der Waals surface area contributed by atoms with Crippen molar-refractivity contribution in [1.82, 2.24) is 4.90 Å². The molecule has 1 aliphatic carbocycles. The molecule has 0 N–H and O–H groups in total. The normalized spacial score (nSPS) is 28.9. The zero-order valence-electron chi connectivity index (χ0n) is 13.0. The van der Waals surface area contributed by atoms with Gasteiger partial charge in [0.25, 0.3) is 0 Å². The molecule has 1 atom stereocenters. The van der Waals surface area contributed by atoms with E-state index in [0.29, 0.717) is 5.92 Å². The average Bonchev–Trinajstić information content (AvgIpc) is 2.82. The van der Waals surface area contributed by atoms with Crippen LogP contribution < -0.4 is 9.47 Å². The number of ether oxygens (including phenoxy) is 2. The average molecular weight is 275 g/mol. The van der Waals surface area contributed by atoms with Gasteiger partial charge in [0.2, 0.25) is 6.29 Å². The SMILES string of the molecule is Cc1ccc(C2CCC(N(C)C)CC2)c2c1OC(C)O2. The van der Waals surface area contributed by atoms with Crippen LogP contribution in [0, 0.1) is 6.92 Å². The minimum absolute atomic E-state index is 0.150. The Morgan fingerprint density at radius 1 is 1.00 bits per heavy atom. The molecule has 0 aromatic heterocycles. The van der Waals surface area contributed by atoms with Gasteiger partial charge >= 0.3 is 0 Å². The molecule has 0 bridgehead atoms. The molecule has 2 aliphatic rings. The van der Waals surface area contributed by atoms with Gasteiger partial charge in [-0.05, 0) is 58.2 Å². The number of rotatable bonds is 2. The van der Waals surface area contributed by atoms with Crippen LogP contribution >= 0.6 is 0 Å². The highest BCUT2D eigenvalue weighted by atomic mass is 16.7. The number of benzene rings is 1. The van der Waals surface area contributed by atoms with Gasteiger partial charge in [0.1, 0.15) is 0 Å². The smallest absolute Gasteiger partial charge is 0.238 e. The van der Waals surface area contributed by atoms with E-state index in [1.165, 1.54) is 36.8 Å². The summed E-state index contributed by atoms with van der Waals surface area (Å²) in [6.45, 7) is 4.05. The van der Waals surface area contributed by atoms with Crippen molar-refractivity contribution in [2.45, 2.75) is 57.8 Å². The molecular formula is C17H25NO2. The topological polar surface area (TPSA) is 21.7 Å². The molecule has 1 aromatic carbocycles. The lowest BCUT2D eigenvalue weighted by molar-refractivity contribution is 0.0666. The number of fused-ring (bicyclic) bond motifs is 1. The maximum absolute atomic E-state index is 5.91. The van der Waals surface area contributed by atoms with Crippen molar-refractivity contribution in [3.63, 3.8) is 0 Å². The van der Waals surface area contributed by atoms with Crippen LogP contribution in [0.25, 0.3) is 0 Å². The molecule has 110 valence electrons. The fourth-order valence-electron chi connectivity index (χ4n) is 3.53. The van der Waals surface area contributed by atoms with Crippen molar-refractivity contribution in [3.8, 4) is 11.5 Å². The Morgan fingerprint density at radius 2 is 1.65 bits per heavy atom. The monoisotopic (exact) mass is 275 g/mol. The van der Waals surface area contributed by atoms with Gasteiger partial charge in [0.15, 0.2) is 11.5 Å². The van der Waals surface area contributed by atoms with E-state index in [9.17, 15) is 0 Å². The van der Waals surface area contributed by atoms with Crippen molar-refractivity contribution < 1.29 is 9.47 Å². The van der Waals surface area contributed by atoms with Crippen molar-refractivity contribution >= 4 is 0 Å². The maximum Gasteiger partial charge on any atom is 0.238 e. The molecule has 1 aromatic rings. The predicted molar refractivity (Wildman–Crippen MR) is 80.6 cm³/mol. The molecule has 3 nitrogen and oxygen atoms in total. The highest BCUT2D eigenvalue weighted by Crippen LogP contribution is 2.47. The van der Waals surface area contributed by atoms with Crippen molar-refractivity contribution in [2.75, 3.05) is 14.1 Å². The van der Waals surface area contributed by atoms with Gasteiger partial charge in [0.05, 0.1) is 0 Å². The molecule has 1 fully saturated rings. The second kappa shape index (κ2) is 5.28. The lowest BCUT2D eigenvalue weighted by atomic mass is 9.80. The van der Waals surface area contributed by atoms with Crippen molar-refractivity contribution in [2.24, 2.45) is 0 Å². The first-order valence-electron chi connectivity index (χ1n) is 7.69. The van der Waals surface area contributed by atoms with Gasteiger partial charge in [0, 0.05) is 18.5 Å². The molecule has 20 heavy (non-hydrogen) atoms. The minimum Gasteiger partial charge on any atom is -0.451 e. The van der Waals surface area contributed by atoms with Crippen LogP contribution in [0.2, 0.25) is 0 Å². The summed E-state index contributed by atoms with van der Waals surface area (Å²) >= 11 is 0. The van der Waals surface area contributed by atoms with Crippen LogP contribution in [0.1, 0.15) is 49.7 Å². The Balaban J connectivity index is 1.81. The van der Waals surface area contributed by atoms with Gasteiger partial charge in [-0.1, -0.05) is 12.1 Å². The van der Waals surface area contributed by atoms with E-state index in [4.69, 9.17) is 9.47 Å². The van der Waals surface area contributed by atoms with Crippen LogP contribution in [0.3, 0.4) is 0 Å². The highest BCUT2D eigenvalue weighted by Gasteiger charge is 2.31. The molecule has 1 aliphatic heterocycles. The molecule has 0 radical (unpaired) electrons. The summed E-state index contributed by atoms with van der Waals surface area (Å²) in [5.74, 6) is 2.59. The summed E-state index contributed by atoms with van der Waals surface area (Å²) in [7, 11) is 4.38. The minimum atomic E-state index is -0.150. The van der Waals surface area contributed by atoms with Gasteiger partial charge in [-0.3, -0.25) is 0 Å². The standard InChI is InChI=1S/C17H25NO2/c1-11-5-10-15(17-16(11)19-12(2)20-17)13-6-8-14(9-7-13)18(3)4/h5,10,12-14H,6-9H2,1-4H3.